The molecule has 1 heterocycles. The third-order valence-corrected chi connectivity index (χ3v) is 4.58. The normalized spacial score (nSPS) is 19.8. The van der Waals surface area contributed by atoms with Gasteiger partial charge in [-0.2, -0.15) is 0 Å². The number of nitrogens with two attached hydrogens (primary N) is 1. The van der Waals surface area contributed by atoms with Crippen LogP contribution in [0.4, 0.5) is 5.69 Å². The number of amides is 1. The molecule has 21 heavy (non-hydrogen) atoms. The van der Waals surface area contributed by atoms with Crippen molar-refractivity contribution in [1.29, 1.82) is 0 Å². The van der Waals surface area contributed by atoms with Crippen molar-refractivity contribution in [2.45, 2.75) is 43.5 Å². The van der Waals surface area contributed by atoms with Gasteiger partial charge in [0.05, 0.1) is 10.9 Å². The van der Waals surface area contributed by atoms with Gasteiger partial charge in [-0.05, 0) is 44.0 Å². The van der Waals surface area contributed by atoms with Crippen molar-refractivity contribution in [3.05, 3.63) is 23.8 Å². The Kier molecular flexibility index (Phi) is 4.97. The molecular formula is C14H21N3O3S. The SMILES string of the molecule is Cc1ccc(S(N)(=O)=O)cc1NC(=O)C1CCCCCN1. The zero-order valence-electron chi connectivity index (χ0n) is 12.1. The summed E-state index contributed by atoms with van der Waals surface area (Å²) >= 11 is 0. The Hall–Kier alpha value is -1.44. The molecule has 0 spiro atoms. The van der Waals surface area contributed by atoms with Crippen molar-refractivity contribution in [3.63, 3.8) is 0 Å². The molecule has 1 amide bonds. The molecule has 0 aromatic heterocycles. The summed E-state index contributed by atoms with van der Waals surface area (Å²) in [6.07, 6.45) is 4.00. The largest absolute Gasteiger partial charge is 0.324 e. The van der Waals surface area contributed by atoms with E-state index < -0.39 is 10.0 Å². The van der Waals surface area contributed by atoms with Crippen molar-refractivity contribution in [2.75, 3.05) is 11.9 Å². The van der Waals surface area contributed by atoms with Crippen LogP contribution in [0.15, 0.2) is 23.1 Å². The highest BCUT2D eigenvalue weighted by molar-refractivity contribution is 7.89. The number of hydrogen-bond donors (Lipinski definition) is 3. The Morgan fingerprint density at radius 1 is 1.33 bits per heavy atom. The molecule has 1 aromatic carbocycles. The van der Waals surface area contributed by atoms with Crippen LogP contribution in [0.2, 0.25) is 0 Å². The van der Waals surface area contributed by atoms with Crippen molar-refractivity contribution >= 4 is 21.6 Å². The summed E-state index contributed by atoms with van der Waals surface area (Å²) in [7, 11) is -3.78. The standard InChI is InChI=1S/C14H21N3O3S/c1-10-6-7-11(21(15,19)20)9-13(10)17-14(18)12-5-3-2-4-8-16-12/h6-7,9,12,16H,2-5,8H2,1H3,(H,17,18)(H2,15,19,20). The summed E-state index contributed by atoms with van der Waals surface area (Å²) in [5.41, 5.74) is 1.28. The Bertz CT molecular complexity index is 620. The Morgan fingerprint density at radius 2 is 2.10 bits per heavy atom. The minimum Gasteiger partial charge on any atom is -0.324 e. The molecule has 0 radical (unpaired) electrons. The molecule has 0 aliphatic carbocycles. The summed E-state index contributed by atoms with van der Waals surface area (Å²) < 4.78 is 22.8. The molecule has 0 saturated carbocycles. The van der Waals surface area contributed by atoms with Gasteiger partial charge in [-0.25, -0.2) is 13.6 Å². The molecule has 116 valence electrons. The fraction of sp³-hybridized carbons (Fsp3) is 0.500. The van der Waals surface area contributed by atoms with Crippen molar-refractivity contribution < 1.29 is 13.2 Å². The quantitative estimate of drug-likeness (QED) is 0.778. The molecule has 1 fully saturated rings. The molecule has 6 nitrogen and oxygen atoms in total. The monoisotopic (exact) mass is 311 g/mol. The van der Waals surface area contributed by atoms with E-state index in [0.717, 1.165) is 37.8 Å². The van der Waals surface area contributed by atoms with Gasteiger partial charge in [-0.3, -0.25) is 4.79 Å². The molecule has 4 N–H and O–H groups in total. The van der Waals surface area contributed by atoms with Crippen molar-refractivity contribution in [3.8, 4) is 0 Å². The minimum atomic E-state index is -3.78. The molecule has 1 unspecified atom stereocenters. The first-order valence-corrected chi connectivity index (χ1v) is 8.60. The lowest BCUT2D eigenvalue weighted by molar-refractivity contribution is -0.118. The first-order valence-electron chi connectivity index (χ1n) is 7.05. The molecule has 7 heteroatoms. The van der Waals surface area contributed by atoms with E-state index in [1.807, 2.05) is 6.92 Å². The van der Waals surface area contributed by atoms with E-state index in [0.29, 0.717) is 5.69 Å². The van der Waals surface area contributed by atoms with Crippen LogP contribution >= 0.6 is 0 Å². The topological polar surface area (TPSA) is 101 Å². The molecule has 1 aliphatic heterocycles. The fourth-order valence-electron chi connectivity index (χ4n) is 2.38. The summed E-state index contributed by atoms with van der Waals surface area (Å²) in [5.74, 6) is -0.133. The van der Waals surface area contributed by atoms with Gasteiger partial charge in [0.1, 0.15) is 0 Å². The van der Waals surface area contributed by atoms with E-state index in [4.69, 9.17) is 5.14 Å². The first kappa shape index (κ1) is 15.9. The number of anilines is 1. The second kappa shape index (κ2) is 6.55. The maximum Gasteiger partial charge on any atom is 0.241 e. The molecular weight excluding hydrogens is 290 g/mol. The highest BCUT2D eigenvalue weighted by Crippen LogP contribution is 2.20. The number of hydrogen-bond acceptors (Lipinski definition) is 4. The summed E-state index contributed by atoms with van der Waals surface area (Å²) in [4.78, 5) is 12.3. The average Bonchev–Trinajstić information content (AvgIpc) is 2.68. The highest BCUT2D eigenvalue weighted by atomic mass is 32.2. The van der Waals surface area contributed by atoms with Gasteiger partial charge < -0.3 is 10.6 Å². The maximum atomic E-state index is 12.3. The second-order valence-corrected chi connectivity index (χ2v) is 6.93. The summed E-state index contributed by atoms with van der Waals surface area (Å²) in [6, 6.07) is 4.24. The third kappa shape index (κ3) is 4.26. The van der Waals surface area contributed by atoms with E-state index >= 15 is 0 Å². The number of rotatable bonds is 3. The summed E-state index contributed by atoms with van der Waals surface area (Å²) in [6.45, 7) is 2.64. The Labute approximate surface area is 125 Å². The lowest BCUT2D eigenvalue weighted by Crippen LogP contribution is -2.40. The molecule has 2 rings (SSSR count). The Balaban J connectivity index is 2.16. The number of carbonyl (C=O) groups excluding carboxylic acids is 1. The zero-order chi connectivity index (χ0) is 15.5. The van der Waals surface area contributed by atoms with E-state index in [2.05, 4.69) is 10.6 Å². The average molecular weight is 311 g/mol. The lowest BCUT2D eigenvalue weighted by Gasteiger charge is -2.17. The summed E-state index contributed by atoms with van der Waals surface area (Å²) in [5, 5.41) is 11.1. The predicted molar refractivity (Wildman–Crippen MR) is 81.4 cm³/mol. The molecule has 1 aromatic rings. The van der Waals surface area contributed by atoms with Crippen LogP contribution < -0.4 is 15.8 Å². The third-order valence-electron chi connectivity index (χ3n) is 3.67. The number of aryl methyl sites for hydroxylation is 1. The number of benzene rings is 1. The van der Waals surface area contributed by atoms with Crippen LogP contribution in [-0.4, -0.2) is 26.9 Å². The maximum absolute atomic E-state index is 12.3. The predicted octanol–water partition coefficient (Wildman–Crippen LogP) is 1.11. The van der Waals surface area contributed by atoms with Gasteiger partial charge >= 0.3 is 0 Å². The molecule has 1 aliphatic rings. The van der Waals surface area contributed by atoms with Gasteiger partial charge in [0.2, 0.25) is 15.9 Å². The van der Waals surface area contributed by atoms with E-state index in [-0.39, 0.29) is 16.8 Å². The number of nitrogens with one attached hydrogen (secondary N) is 2. The van der Waals surface area contributed by atoms with Crippen LogP contribution in [0.5, 0.6) is 0 Å². The Morgan fingerprint density at radius 3 is 2.81 bits per heavy atom. The van der Waals surface area contributed by atoms with Gasteiger partial charge in [0.25, 0.3) is 0 Å². The number of carbonyl (C=O) groups is 1. The van der Waals surface area contributed by atoms with E-state index in [1.54, 1.807) is 6.07 Å². The first-order chi connectivity index (χ1) is 9.88. The van der Waals surface area contributed by atoms with Gasteiger partial charge in [0, 0.05) is 5.69 Å². The number of primary sulfonamides is 1. The number of sulfonamides is 1. The smallest absolute Gasteiger partial charge is 0.241 e. The van der Waals surface area contributed by atoms with E-state index in [1.165, 1.54) is 12.1 Å². The van der Waals surface area contributed by atoms with Crippen molar-refractivity contribution in [1.82, 2.24) is 5.32 Å². The van der Waals surface area contributed by atoms with Crippen LogP contribution in [-0.2, 0) is 14.8 Å². The van der Waals surface area contributed by atoms with Crippen LogP contribution in [0.3, 0.4) is 0 Å². The lowest BCUT2D eigenvalue weighted by atomic mass is 10.1. The van der Waals surface area contributed by atoms with Gasteiger partial charge in [0.15, 0.2) is 0 Å². The highest BCUT2D eigenvalue weighted by Gasteiger charge is 2.20. The van der Waals surface area contributed by atoms with Crippen LogP contribution in [0.25, 0.3) is 0 Å². The fourth-order valence-corrected chi connectivity index (χ4v) is 2.92. The zero-order valence-corrected chi connectivity index (χ0v) is 12.9. The van der Waals surface area contributed by atoms with Gasteiger partial charge in [-0.1, -0.05) is 18.9 Å². The van der Waals surface area contributed by atoms with Crippen LogP contribution in [0.1, 0.15) is 31.2 Å². The van der Waals surface area contributed by atoms with E-state index in [9.17, 15) is 13.2 Å². The van der Waals surface area contributed by atoms with Gasteiger partial charge in [-0.15, -0.1) is 0 Å². The molecule has 0 bridgehead atoms. The van der Waals surface area contributed by atoms with Crippen molar-refractivity contribution in [2.24, 2.45) is 5.14 Å². The molecule has 1 atom stereocenters. The molecule has 1 saturated heterocycles. The minimum absolute atomic E-state index is 0.00257. The second-order valence-electron chi connectivity index (χ2n) is 5.37. The van der Waals surface area contributed by atoms with Crippen LogP contribution in [0, 0.1) is 6.92 Å².